The molecular weight excluding hydrogens is 194 g/mol. The zero-order chi connectivity index (χ0) is 11.3. The Balaban J connectivity index is 3.16. The second kappa shape index (κ2) is 5.34. The van der Waals surface area contributed by atoms with Crippen LogP contribution < -0.4 is 19.5 Å². The Hall–Kier alpha value is -1.58. The van der Waals surface area contributed by atoms with E-state index in [9.17, 15) is 0 Å². The molecule has 0 aliphatic heterocycles. The minimum absolute atomic E-state index is 0.613. The highest BCUT2D eigenvalue weighted by Gasteiger charge is 2.12. The predicted octanol–water partition coefficient (Wildman–Crippen LogP) is 2.14. The van der Waals surface area contributed by atoms with Crippen molar-refractivity contribution >= 4 is 5.69 Å². The molecule has 0 atom stereocenters. The van der Waals surface area contributed by atoms with Gasteiger partial charge < -0.3 is 19.5 Å². The number of rotatable bonds is 5. The molecule has 0 amide bonds. The van der Waals surface area contributed by atoms with Crippen LogP contribution in [0.2, 0.25) is 0 Å². The molecule has 0 saturated heterocycles. The highest BCUT2D eigenvalue weighted by atomic mass is 16.5. The third kappa shape index (κ3) is 2.46. The van der Waals surface area contributed by atoms with E-state index in [2.05, 4.69) is 5.32 Å². The number of benzene rings is 1. The third-order valence-electron chi connectivity index (χ3n) is 2.05. The minimum atomic E-state index is 0.613. The van der Waals surface area contributed by atoms with Gasteiger partial charge in [-0.2, -0.15) is 0 Å². The van der Waals surface area contributed by atoms with Gasteiger partial charge in [-0.15, -0.1) is 0 Å². The molecule has 0 radical (unpaired) electrons. The molecular formula is C11H17NO3. The largest absolute Gasteiger partial charge is 0.493 e. The number of methoxy groups -OCH3 is 3. The summed E-state index contributed by atoms with van der Waals surface area (Å²) in [5.41, 5.74) is 0.951. The van der Waals surface area contributed by atoms with E-state index in [4.69, 9.17) is 14.2 Å². The summed E-state index contributed by atoms with van der Waals surface area (Å²) < 4.78 is 15.7. The first-order valence-electron chi connectivity index (χ1n) is 4.80. The first-order chi connectivity index (χ1) is 7.26. The van der Waals surface area contributed by atoms with E-state index >= 15 is 0 Å². The first kappa shape index (κ1) is 11.5. The van der Waals surface area contributed by atoms with E-state index in [0.717, 1.165) is 12.2 Å². The lowest BCUT2D eigenvalue weighted by molar-refractivity contribution is 0.324. The molecule has 0 aromatic heterocycles. The normalized spacial score (nSPS) is 9.60. The molecule has 0 heterocycles. The summed E-state index contributed by atoms with van der Waals surface area (Å²) in [7, 11) is 4.80. The number of ether oxygens (including phenoxy) is 3. The molecule has 0 saturated carbocycles. The van der Waals surface area contributed by atoms with Crippen LogP contribution in [0.4, 0.5) is 5.69 Å². The number of hydrogen-bond acceptors (Lipinski definition) is 4. The molecule has 0 aliphatic carbocycles. The molecule has 0 spiro atoms. The highest BCUT2D eigenvalue weighted by Crippen LogP contribution is 2.39. The van der Waals surface area contributed by atoms with Gasteiger partial charge >= 0.3 is 0 Å². The van der Waals surface area contributed by atoms with Gasteiger partial charge in [-0.05, 0) is 6.92 Å². The molecule has 1 aromatic rings. The molecule has 84 valence electrons. The highest BCUT2D eigenvalue weighted by molar-refractivity contribution is 5.62. The van der Waals surface area contributed by atoms with Crippen LogP contribution in [-0.4, -0.2) is 27.9 Å². The summed E-state index contributed by atoms with van der Waals surface area (Å²) in [6.07, 6.45) is 0. The summed E-state index contributed by atoms with van der Waals surface area (Å²) >= 11 is 0. The number of hydrogen-bond donors (Lipinski definition) is 1. The van der Waals surface area contributed by atoms with E-state index in [-0.39, 0.29) is 0 Å². The predicted molar refractivity (Wildman–Crippen MR) is 60.3 cm³/mol. The lowest BCUT2D eigenvalue weighted by Gasteiger charge is -2.14. The van der Waals surface area contributed by atoms with Crippen molar-refractivity contribution in [1.82, 2.24) is 0 Å². The molecule has 1 N–H and O–H groups in total. The van der Waals surface area contributed by atoms with E-state index in [1.165, 1.54) is 0 Å². The van der Waals surface area contributed by atoms with Gasteiger partial charge in [0.25, 0.3) is 0 Å². The van der Waals surface area contributed by atoms with Crippen LogP contribution in [0, 0.1) is 0 Å². The van der Waals surface area contributed by atoms with E-state index < -0.39 is 0 Å². The molecule has 4 heteroatoms. The van der Waals surface area contributed by atoms with Crippen molar-refractivity contribution in [1.29, 1.82) is 0 Å². The average molecular weight is 211 g/mol. The summed E-state index contributed by atoms with van der Waals surface area (Å²) in [6.45, 7) is 2.88. The second-order valence-corrected chi connectivity index (χ2v) is 2.94. The topological polar surface area (TPSA) is 39.7 Å². The lowest BCUT2D eigenvalue weighted by atomic mass is 10.2. The summed E-state index contributed by atoms with van der Waals surface area (Å²) in [5.74, 6) is 1.93. The van der Waals surface area contributed by atoms with E-state index in [0.29, 0.717) is 17.2 Å². The molecule has 1 aromatic carbocycles. The van der Waals surface area contributed by atoms with Crippen LogP contribution in [0.15, 0.2) is 12.1 Å². The Morgan fingerprint density at radius 2 is 1.53 bits per heavy atom. The minimum Gasteiger partial charge on any atom is -0.493 e. The van der Waals surface area contributed by atoms with E-state index in [1.807, 2.05) is 19.1 Å². The van der Waals surface area contributed by atoms with Gasteiger partial charge in [0.05, 0.1) is 21.3 Å². The van der Waals surface area contributed by atoms with Crippen LogP contribution in [0.3, 0.4) is 0 Å². The Morgan fingerprint density at radius 3 is 1.87 bits per heavy atom. The van der Waals surface area contributed by atoms with Crippen LogP contribution >= 0.6 is 0 Å². The van der Waals surface area contributed by atoms with Gasteiger partial charge in [0.15, 0.2) is 11.5 Å². The van der Waals surface area contributed by atoms with Gasteiger partial charge in [0.2, 0.25) is 5.75 Å². The van der Waals surface area contributed by atoms with Crippen molar-refractivity contribution < 1.29 is 14.2 Å². The van der Waals surface area contributed by atoms with Gasteiger partial charge in [-0.3, -0.25) is 0 Å². The van der Waals surface area contributed by atoms with Crippen molar-refractivity contribution in [3.8, 4) is 17.2 Å². The molecule has 15 heavy (non-hydrogen) atoms. The summed E-state index contributed by atoms with van der Waals surface area (Å²) in [5, 5.41) is 3.19. The molecule has 0 bridgehead atoms. The molecule has 4 nitrogen and oxygen atoms in total. The number of nitrogens with one attached hydrogen (secondary N) is 1. The Bertz CT molecular complexity index is 301. The van der Waals surface area contributed by atoms with Crippen LogP contribution in [0.5, 0.6) is 17.2 Å². The maximum Gasteiger partial charge on any atom is 0.203 e. The fraction of sp³-hybridized carbons (Fsp3) is 0.455. The van der Waals surface area contributed by atoms with Crippen molar-refractivity contribution in [3.05, 3.63) is 12.1 Å². The zero-order valence-corrected chi connectivity index (χ0v) is 9.59. The lowest BCUT2D eigenvalue weighted by Crippen LogP contribution is -2.00. The zero-order valence-electron chi connectivity index (χ0n) is 9.59. The van der Waals surface area contributed by atoms with Gasteiger partial charge in [-0.1, -0.05) is 0 Å². The molecule has 1 rings (SSSR count). The fourth-order valence-corrected chi connectivity index (χ4v) is 1.39. The Labute approximate surface area is 90.1 Å². The van der Waals surface area contributed by atoms with Crippen LogP contribution in [-0.2, 0) is 0 Å². The SMILES string of the molecule is CCNc1cc(OC)c(OC)c(OC)c1. The third-order valence-corrected chi connectivity index (χ3v) is 2.05. The maximum absolute atomic E-state index is 5.22. The molecule has 0 aliphatic rings. The maximum atomic E-state index is 5.22. The summed E-state index contributed by atoms with van der Waals surface area (Å²) in [4.78, 5) is 0. The smallest absolute Gasteiger partial charge is 0.203 e. The van der Waals surface area contributed by atoms with Gasteiger partial charge in [0.1, 0.15) is 0 Å². The summed E-state index contributed by atoms with van der Waals surface area (Å²) in [6, 6.07) is 3.76. The Kier molecular flexibility index (Phi) is 4.09. The van der Waals surface area contributed by atoms with Gasteiger partial charge in [0, 0.05) is 24.4 Å². The van der Waals surface area contributed by atoms with Crippen molar-refractivity contribution in [2.45, 2.75) is 6.92 Å². The standard InChI is InChI=1S/C11H17NO3/c1-5-12-8-6-9(13-2)11(15-4)10(7-8)14-3/h6-7,12H,5H2,1-4H3. The van der Waals surface area contributed by atoms with E-state index in [1.54, 1.807) is 21.3 Å². The second-order valence-electron chi connectivity index (χ2n) is 2.94. The van der Waals surface area contributed by atoms with Crippen molar-refractivity contribution in [2.75, 3.05) is 33.2 Å². The average Bonchev–Trinajstić information content (AvgIpc) is 2.28. The quantitative estimate of drug-likeness (QED) is 0.810. The van der Waals surface area contributed by atoms with Crippen molar-refractivity contribution in [3.63, 3.8) is 0 Å². The molecule has 0 fully saturated rings. The first-order valence-corrected chi connectivity index (χ1v) is 4.80. The van der Waals surface area contributed by atoms with Gasteiger partial charge in [-0.25, -0.2) is 0 Å². The molecule has 0 unspecified atom stereocenters. The Morgan fingerprint density at radius 1 is 1.00 bits per heavy atom. The van der Waals surface area contributed by atoms with Crippen LogP contribution in [0.1, 0.15) is 6.92 Å². The monoisotopic (exact) mass is 211 g/mol. The van der Waals surface area contributed by atoms with Crippen molar-refractivity contribution in [2.24, 2.45) is 0 Å². The number of anilines is 1. The fourth-order valence-electron chi connectivity index (χ4n) is 1.39. The van der Waals surface area contributed by atoms with Crippen LogP contribution in [0.25, 0.3) is 0 Å².